The van der Waals surface area contributed by atoms with E-state index in [4.69, 9.17) is 16.0 Å². The standard InChI is InChI=1S/C22H14ClF3N2O2S/c23-16-10-9-15(22(24,25)26)11-18(16)27-20(29)14-7-5-13(6-8-14)12-31-21-28-17-3-1-2-4-19(17)30-21/h1-11H,12H2,(H,27,29). The first-order chi connectivity index (χ1) is 14.8. The number of fused-ring (bicyclic) bond motifs is 1. The molecule has 0 radical (unpaired) electrons. The smallest absolute Gasteiger partial charge is 0.416 e. The van der Waals surface area contributed by atoms with Gasteiger partial charge in [-0.05, 0) is 48.0 Å². The van der Waals surface area contributed by atoms with E-state index in [0.29, 0.717) is 22.1 Å². The van der Waals surface area contributed by atoms with Crippen LogP contribution in [0.4, 0.5) is 18.9 Å². The molecule has 0 spiro atoms. The fraction of sp³-hybridized carbons (Fsp3) is 0.0909. The van der Waals surface area contributed by atoms with Crippen molar-refractivity contribution in [2.75, 3.05) is 5.32 Å². The number of hydrogen-bond acceptors (Lipinski definition) is 4. The monoisotopic (exact) mass is 462 g/mol. The number of oxazole rings is 1. The van der Waals surface area contributed by atoms with Crippen molar-refractivity contribution in [3.8, 4) is 0 Å². The van der Waals surface area contributed by atoms with Gasteiger partial charge < -0.3 is 9.73 Å². The fourth-order valence-corrected chi connectivity index (χ4v) is 3.76. The number of halogens is 4. The summed E-state index contributed by atoms with van der Waals surface area (Å²) in [7, 11) is 0. The number of hydrogen-bond donors (Lipinski definition) is 1. The summed E-state index contributed by atoms with van der Waals surface area (Å²) in [5.74, 6) is 0.0214. The first-order valence-electron chi connectivity index (χ1n) is 9.05. The zero-order chi connectivity index (χ0) is 22.0. The molecule has 0 saturated heterocycles. The van der Waals surface area contributed by atoms with E-state index >= 15 is 0 Å². The van der Waals surface area contributed by atoms with E-state index in [9.17, 15) is 18.0 Å². The third kappa shape index (κ3) is 5.03. The Balaban J connectivity index is 1.41. The summed E-state index contributed by atoms with van der Waals surface area (Å²) in [5, 5.41) is 2.99. The molecule has 4 nitrogen and oxygen atoms in total. The van der Waals surface area contributed by atoms with Gasteiger partial charge in [-0.1, -0.05) is 47.6 Å². The van der Waals surface area contributed by atoms with Gasteiger partial charge in [-0.25, -0.2) is 4.98 Å². The number of thioether (sulfide) groups is 1. The number of rotatable bonds is 5. The number of anilines is 1. The van der Waals surface area contributed by atoms with Crippen molar-refractivity contribution >= 4 is 46.1 Å². The van der Waals surface area contributed by atoms with Gasteiger partial charge >= 0.3 is 6.18 Å². The summed E-state index contributed by atoms with van der Waals surface area (Å²) < 4.78 is 44.3. The highest BCUT2D eigenvalue weighted by Crippen LogP contribution is 2.34. The maximum absolute atomic E-state index is 12.9. The maximum Gasteiger partial charge on any atom is 0.416 e. The number of para-hydroxylation sites is 2. The van der Waals surface area contributed by atoms with Crippen LogP contribution >= 0.6 is 23.4 Å². The predicted molar refractivity (Wildman–Crippen MR) is 114 cm³/mol. The molecule has 4 aromatic rings. The van der Waals surface area contributed by atoms with Crippen molar-refractivity contribution in [2.24, 2.45) is 0 Å². The maximum atomic E-state index is 12.9. The summed E-state index contributed by atoms with van der Waals surface area (Å²) in [6, 6.07) is 17.0. The molecule has 31 heavy (non-hydrogen) atoms. The molecular formula is C22H14ClF3N2O2S. The lowest BCUT2D eigenvalue weighted by atomic mass is 10.1. The SMILES string of the molecule is O=C(Nc1cc(C(F)(F)F)ccc1Cl)c1ccc(CSc2nc3ccccc3o2)cc1. The van der Waals surface area contributed by atoms with Gasteiger partial charge in [0.1, 0.15) is 5.52 Å². The second kappa shape index (κ2) is 8.64. The third-order valence-corrected chi connectivity index (χ3v) is 5.62. The molecule has 0 saturated carbocycles. The number of carbonyl (C=O) groups is 1. The van der Waals surface area contributed by atoms with Gasteiger partial charge in [0.15, 0.2) is 5.58 Å². The number of benzene rings is 3. The lowest BCUT2D eigenvalue weighted by molar-refractivity contribution is -0.137. The Morgan fingerprint density at radius 3 is 2.52 bits per heavy atom. The Labute approximate surface area is 184 Å². The molecule has 0 atom stereocenters. The van der Waals surface area contributed by atoms with Gasteiger partial charge in [0.2, 0.25) is 0 Å². The molecule has 0 unspecified atom stereocenters. The van der Waals surface area contributed by atoms with E-state index in [1.165, 1.54) is 11.8 Å². The Kier molecular flexibility index (Phi) is 5.93. The van der Waals surface area contributed by atoms with Crippen molar-refractivity contribution in [3.63, 3.8) is 0 Å². The normalized spacial score (nSPS) is 11.6. The molecular weight excluding hydrogens is 449 g/mol. The molecule has 0 bridgehead atoms. The van der Waals surface area contributed by atoms with Crippen LogP contribution in [0, 0.1) is 0 Å². The van der Waals surface area contributed by atoms with Gasteiger partial charge in [0, 0.05) is 11.3 Å². The number of carbonyl (C=O) groups excluding carboxylic acids is 1. The minimum absolute atomic E-state index is 0.0210. The molecule has 1 amide bonds. The van der Waals surface area contributed by atoms with Gasteiger partial charge in [-0.2, -0.15) is 13.2 Å². The summed E-state index contributed by atoms with van der Waals surface area (Å²) in [5.41, 5.74) is 1.73. The highest BCUT2D eigenvalue weighted by atomic mass is 35.5. The van der Waals surface area contributed by atoms with E-state index < -0.39 is 17.6 Å². The second-order valence-corrected chi connectivity index (χ2v) is 7.91. The molecule has 3 aromatic carbocycles. The van der Waals surface area contributed by atoms with Crippen molar-refractivity contribution in [3.05, 3.63) is 88.4 Å². The van der Waals surface area contributed by atoms with Crippen molar-refractivity contribution in [1.29, 1.82) is 0 Å². The van der Waals surface area contributed by atoms with Crippen LogP contribution in [0.15, 0.2) is 76.4 Å². The first kappa shape index (κ1) is 21.3. The number of nitrogens with zero attached hydrogens (tertiary/aromatic N) is 1. The van der Waals surface area contributed by atoms with Crippen LogP contribution in [0.2, 0.25) is 5.02 Å². The highest BCUT2D eigenvalue weighted by molar-refractivity contribution is 7.98. The lowest BCUT2D eigenvalue weighted by Crippen LogP contribution is -2.13. The molecule has 1 heterocycles. The fourth-order valence-electron chi connectivity index (χ4n) is 2.80. The molecule has 158 valence electrons. The first-order valence-corrected chi connectivity index (χ1v) is 10.4. The van der Waals surface area contributed by atoms with Crippen LogP contribution in [0.3, 0.4) is 0 Å². The van der Waals surface area contributed by atoms with Crippen molar-refractivity contribution in [1.82, 2.24) is 4.98 Å². The summed E-state index contributed by atoms with van der Waals surface area (Å²) in [6.07, 6.45) is -4.53. The van der Waals surface area contributed by atoms with Gasteiger partial charge in [-0.15, -0.1) is 0 Å². The molecule has 9 heteroatoms. The molecule has 0 fully saturated rings. The number of aromatic nitrogens is 1. The minimum Gasteiger partial charge on any atom is -0.431 e. The number of alkyl halides is 3. The largest absolute Gasteiger partial charge is 0.431 e. The quantitative estimate of drug-likeness (QED) is 0.323. The summed E-state index contributed by atoms with van der Waals surface area (Å²) in [4.78, 5) is 16.8. The van der Waals surface area contributed by atoms with Crippen LogP contribution in [0.5, 0.6) is 0 Å². The Morgan fingerprint density at radius 2 is 1.81 bits per heavy atom. The van der Waals surface area contributed by atoms with E-state index in [1.807, 2.05) is 24.3 Å². The Hall–Kier alpha value is -2.97. The number of amides is 1. The van der Waals surface area contributed by atoms with Crippen LogP contribution in [0.1, 0.15) is 21.5 Å². The average Bonchev–Trinajstić information content (AvgIpc) is 3.16. The Morgan fingerprint density at radius 1 is 1.06 bits per heavy atom. The molecule has 0 aliphatic heterocycles. The van der Waals surface area contributed by atoms with Crippen molar-refractivity contribution < 1.29 is 22.4 Å². The molecule has 0 aliphatic rings. The predicted octanol–water partition coefficient (Wildman–Crippen LogP) is 7.04. The zero-order valence-electron chi connectivity index (χ0n) is 15.7. The summed E-state index contributed by atoms with van der Waals surface area (Å²) >= 11 is 7.35. The van der Waals surface area contributed by atoms with E-state index in [0.717, 1.165) is 29.3 Å². The average molecular weight is 463 g/mol. The van der Waals surface area contributed by atoms with Crippen LogP contribution in [-0.2, 0) is 11.9 Å². The van der Waals surface area contributed by atoms with Gasteiger partial charge in [-0.3, -0.25) is 4.79 Å². The minimum atomic E-state index is -4.53. The third-order valence-electron chi connectivity index (χ3n) is 4.39. The van der Waals surface area contributed by atoms with Crippen LogP contribution < -0.4 is 5.32 Å². The highest BCUT2D eigenvalue weighted by Gasteiger charge is 2.31. The van der Waals surface area contributed by atoms with Crippen LogP contribution in [-0.4, -0.2) is 10.9 Å². The van der Waals surface area contributed by atoms with E-state index in [1.54, 1.807) is 24.3 Å². The van der Waals surface area contributed by atoms with Gasteiger partial charge in [0.05, 0.1) is 16.3 Å². The lowest BCUT2D eigenvalue weighted by Gasteiger charge is -2.12. The topological polar surface area (TPSA) is 55.1 Å². The van der Waals surface area contributed by atoms with E-state index in [-0.39, 0.29) is 10.7 Å². The molecule has 4 rings (SSSR count). The molecule has 0 aliphatic carbocycles. The van der Waals surface area contributed by atoms with Crippen LogP contribution in [0.25, 0.3) is 11.1 Å². The Bertz CT molecular complexity index is 1210. The second-order valence-electron chi connectivity index (χ2n) is 6.58. The van der Waals surface area contributed by atoms with Gasteiger partial charge in [0.25, 0.3) is 11.1 Å². The molecule has 1 N–H and O–H groups in total. The zero-order valence-corrected chi connectivity index (χ0v) is 17.3. The molecule has 1 aromatic heterocycles. The number of nitrogens with one attached hydrogen (secondary N) is 1. The summed E-state index contributed by atoms with van der Waals surface area (Å²) in [6.45, 7) is 0. The van der Waals surface area contributed by atoms with E-state index in [2.05, 4.69) is 10.3 Å². The van der Waals surface area contributed by atoms with Crippen molar-refractivity contribution in [2.45, 2.75) is 17.2 Å².